The second-order valence-electron chi connectivity index (χ2n) is 4.73. The van der Waals surface area contributed by atoms with Gasteiger partial charge in [0, 0.05) is 35.3 Å². The molecule has 0 aliphatic carbocycles. The summed E-state index contributed by atoms with van der Waals surface area (Å²) in [5.74, 6) is 0.912. The molecule has 0 radical (unpaired) electrons. The van der Waals surface area contributed by atoms with E-state index in [9.17, 15) is 18.0 Å². The van der Waals surface area contributed by atoms with E-state index in [-0.39, 0.29) is 11.8 Å². The molecule has 1 aliphatic heterocycles. The average Bonchev–Trinajstić information content (AvgIpc) is 2.45. The summed E-state index contributed by atoms with van der Waals surface area (Å²) in [5, 5.41) is 0.448. The lowest BCUT2D eigenvalue weighted by Gasteiger charge is -2.34. The van der Waals surface area contributed by atoms with Crippen LogP contribution >= 0.6 is 11.8 Å². The number of halogens is 3. The van der Waals surface area contributed by atoms with E-state index < -0.39 is 11.7 Å². The van der Waals surface area contributed by atoms with E-state index >= 15 is 0 Å². The first-order valence-electron chi connectivity index (χ1n) is 6.48. The van der Waals surface area contributed by atoms with E-state index in [1.54, 1.807) is 6.07 Å². The summed E-state index contributed by atoms with van der Waals surface area (Å²) in [5.41, 5.74) is -0.613. The minimum absolute atomic E-state index is 0.257. The average molecular weight is 303 g/mol. The van der Waals surface area contributed by atoms with E-state index in [0.29, 0.717) is 10.9 Å². The molecule has 1 aromatic rings. The number of hydrogen-bond donors (Lipinski definition) is 0. The van der Waals surface area contributed by atoms with Gasteiger partial charge in [-0.25, -0.2) is 0 Å². The van der Waals surface area contributed by atoms with Gasteiger partial charge in [0.05, 0.1) is 5.56 Å². The summed E-state index contributed by atoms with van der Waals surface area (Å²) in [6, 6.07) is 3.95. The number of anilines is 1. The second kappa shape index (κ2) is 6.08. The predicted molar refractivity (Wildman–Crippen MR) is 75.6 cm³/mol. The summed E-state index contributed by atoms with van der Waals surface area (Å²) >= 11 is 1.86. The minimum Gasteiger partial charge on any atom is -0.370 e. The van der Waals surface area contributed by atoms with Crippen LogP contribution in [0.1, 0.15) is 29.3 Å². The Balaban J connectivity index is 2.31. The Bertz CT molecular complexity index is 490. The summed E-state index contributed by atoms with van der Waals surface area (Å²) in [4.78, 5) is 12.7. The van der Waals surface area contributed by atoms with E-state index in [4.69, 9.17) is 0 Å². The quantitative estimate of drug-likeness (QED) is 0.791. The number of rotatable bonds is 3. The van der Waals surface area contributed by atoms with E-state index in [2.05, 4.69) is 6.92 Å². The lowest BCUT2D eigenvalue weighted by atomic mass is 10.1. The summed E-state index contributed by atoms with van der Waals surface area (Å²) in [6.45, 7) is 3.57. The fourth-order valence-corrected chi connectivity index (χ4v) is 3.47. The molecule has 1 fully saturated rings. The molecule has 0 saturated carbocycles. The van der Waals surface area contributed by atoms with Crippen LogP contribution in [0.3, 0.4) is 0 Å². The van der Waals surface area contributed by atoms with Gasteiger partial charge in [-0.2, -0.15) is 24.9 Å². The van der Waals surface area contributed by atoms with Gasteiger partial charge in [0.15, 0.2) is 6.29 Å². The van der Waals surface area contributed by atoms with Gasteiger partial charge in [0.2, 0.25) is 0 Å². The van der Waals surface area contributed by atoms with Crippen molar-refractivity contribution >= 4 is 23.7 Å². The van der Waals surface area contributed by atoms with Gasteiger partial charge in [-0.15, -0.1) is 0 Å². The Morgan fingerprint density at radius 1 is 1.45 bits per heavy atom. The Labute approximate surface area is 120 Å². The smallest absolute Gasteiger partial charge is 0.370 e. The molecular weight excluding hydrogens is 287 g/mol. The zero-order chi connectivity index (χ0) is 14.8. The van der Waals surface area contributed by atoms with Gasteiger partial charge in [0.25, 0.3) is 0 Å². The highest BCUT2D eigenvalue weighted by Gasteiger charge is 2.34. The highest BCUT2D eigenvalue weighted by Crippen LogP contribution is 2.35. The van der Waals surface area contributed by atoms with Crippen molar-refractivity contribution in [2.24, 2.45) is 0 Å². The van der Waals surface area contributed by atoms with Crippen molar-refractivity contribution in [3.8, 4) is 0 Å². The number of thioether (sulfide) groups is 1. The molecule has 110 valence electrons. The molecule has 20 heavy (non-hydrogen) atoms. The predicted octanol–water partition coefficient (Wildman–Crippen LogP) is 3.85. The van der Waals surface area contributed by atoms with Crippen LogP contribution in [-0.4, -0.2) is 30.4 Å². The van der Waals surface area contributed by atoms with Crippen LogP contribution < -0.4 is 4.90 Å². The molecular formula is C14H16F3NOS. The van der Waals surface area contributed by atoms with Crippen LogP contribution in [0.4, 0.5) is 18.9 Å². The number of hydrogen-bond acceptors (Lipinski definition) is 3. The number of nitrogens with zero attached hydrogens (tertiary/aromatic N) is 1. The van der Waals surface area contributed by atoms with Crippen LogP contribution in [0.5, 0.6) is 0 Å². The number of benzene rings is 1. The van der Waals surface area contributed by atoms with Crippen molar-refractivity contribution < 1.29 is 18.0 Å². The van der Waals surface area contributed by atoms with Crippen molar-refractivity contribution in [3.63, 3.8) is 0 Å². The minimum atomic E-state index is -4.50. The van der Waals surface area contributed by atoms with Crippen LogP contribution in [0.15, 0.2) is 18.2 Å². The maximum absolute atomic E-state index is 12.9. The first-order chi connectivity index (χ1) is 9.45. The van der Waals surface area contributed by atoms with Crippen molar-refractivity contribution in [3.05, 3.63) is 29.3 Å². The number of carbonyl (C=O) groups is 1. The summed E-state index contributed by atoms with van der Waals surface area (Å²) < 4.78 is 38.8. The molecule has 1 atom stereocenters. The number of carbonyl (C=O) groups excluding carboxylic acids is 1. The lowest BCUT2D eigenvalue weighted by molar-refractivity contribution is -0.137. The van der Waals surface area contributed by atoms with Crippen LogP contribution in [0.25, 0.3) is 0 Å². The molecule has 1 aliphatic rings. The normalized spacial score (nSPS) is 20.0. The van der Waals surface area contributed by atoms with E-state index in [0.717, 1.165) is 31.3 Å². The molecule has 1 aromatic carbocycles. The number of alkyl halides is 3. The van der Waals surface area contributed by atoms with Crippen molar-refractivity contribution in [1.29, 1.82) is 0 Å². The Kier molecular flexibility index (Phi) is 4.62. The molecule has 0 amide bonds. The Morgan fingerprint density at radius 2 is 2.20 bits per heavy atom. The second-order valence-corrected chi connectivity index (χ2v) is 6.14. The molecule has 0 aromatic heterocycles. The van der Waals surface area contributed by atoms with E-state index in [1.807, 2.05) is 16.7 Å². The highest BCUT2D eigenvalue weighted by molar-refractivity contribution is 8.00. The van der Waals surface area contributed by atoms with Gasteiger partial charge >= 0.3 is 6.18 Å². The zero-order valence-corrected chi connectivity index (χ0v) is 11.9. The van der Waals surface area contributed by atoms with Crippen LogP contribution in [0, 0.1) is 0 Å². The Hall–Kier alpha value is -1.17. The molecule has 1 saturated heterocycles. The van der Waals surface area contributed by atoms with Gasteiger partial charge in [-0.1, -0.05) is 6.92 Å². The first kappa shape index (κ1) is 15.2. The SMILES string of the molecule is CCC1CN(c2ccc(C=O)c(C(F)(F)F)c2)CCS1. The monoisotopic (exact) mass is 303 g/mol. The topological polar surface area (TPSA) is 20.3 Å². The zero-order valence-electron chi connectivity index (χ0n) is 11.1. The molecule has 6 heteroatoms. The standard InChI is InChI=1S/C14H16F3NOS/c1-2-12-8-18(5-6-20-12)11-4-3-10(9-19)13(7-11)14(15,16)17/h3-4,7,9,12H,2,5-6,8H2,1H3. The molecule has 2 rings (SSSR count). The van der Waals surface area contributed by atoms with Gasteiger partial charge in [-0.05, 0) is 24.6 Å². The third kappa shape index (κ3) is 3.29. The fraction of sp³-hybridized carbons (Fsp3) is 0.500. The van der Waals surface area contributed by atoms with Crippen molar-refractivity contribution in [1.82, 2.24) is 0 Å². The first-order valence-corrected chi connectivity index (χ1v) is 7.53. The molecule has 1 heterocycles. The lowest BCUT2D eigenvalue weighted by Crippen LogP contribution is -2.37. The van der Waals surface area contributed by atoms with Gasteiger partial charge in [-0.3, -0.25) is 4.79 Å². The molecule has 1 unspecified atom stereocenters. The van der Waals surface area contributed by atoms with Crippen LogP contribution in [0.2, 0.25) is 0 Å². The highest BCUT2D eigenvalue weighted by atomic mass is 32.2. The fourth-order valence-electron chi connectivity index (χ4n) is 2.29. The largest absolute Gasteiger partial charge is 0.417 e. The van der Waals surface area contributed by atoms with E-state index in [1.165, 1.54) is 6.07 Å². The van der Waals surface area contributed by atoms with Crippen molar-refractivity contribution in [2.45, 2.75) is 24.8 Å². The summed E-state index contributed by atoms with van der Waals surface area (Å²) in [6.07, 6.45) is -3.24. The molecule has 0 bridgehead atoms. The third-order valence-electron chi connectivity index (χ3n) is 3.43. The molecule has 2 nitrogen and oxygen atoms in total. The van der Waals surface area contributed by atoms with Gasteiger partial charge in [0.1, 0.15) is 0 Å². The Morgan fingerprint density at radius 3 is 2.80 bits per heavy atom. The molecule has 0 spiro atoms. The third-order valence-corrected chi connectivity index (χ3v) is 4.80. The molecule has 0 N–H and O–H groups in total. The maximum Gasteiger partial charge on any atom is 0.417 e. The number of aldehydes is 1. The van der Waals surface area contributed by atoms with Gasteiger partial charge < -0.3 is 4.90 Å². The summed E-state index contributed by atoms with van der Waals surface area (Å²) in [7, 11) is 0. The van der Waals surface area contributed by atoms with Crippen LogP contribution in [-0.2, 0) is 6.18 Å². The maximum atomic E-state index is 12.9. The van der Waals surface area contributed by atoms with Crippen molar-refractivity contribution in [2.75, 3.05) is 23.7 Å².